The molecule has 1 aromatic carbocycles. The molecule has 1 unspecified atom stereocenters. The molecule has 190 valence electrons. The van der Waals surface area contributed by atoms with Gasteiger partial charge in [0.05, 0.1) is 0 Å². The number of benzene rings is 1. The molecular formula is C22H30N6O7. The molecule has 2 aromatic rings. The first-order valence-electron chi connectivity index (χ1n) is 10.9. The molecule has 13 nitrogen and oxygen atoms in total. The monoisotopic (exact) mass is 490 g/mol. The molecule has 0 spiro atoms. The number of aromatic nitrogens is 4. The van der Waals surface area contributed by atoms with Crippen molar-refractivity contribution in [3.05, 3.63) is 41.7 Å². The first kappa shape index (κ1) is 27.4. The summed E-state index contributed by atoms with van der Waals surface area (Å²) in [6, 6.07) is 7.75. The van der Waals surface area contributed by atoms with Crippen molar-refractivity contribution in [2.45, 2.75) is 64.6 Å². The third-order valence-electron chi connectivity index (χ3n) is 5.46. The molecule has 1 aromatic heterocycles. The molecule has 0 saturated heterocycles. The smallest absolute Gasteiger partial charge is 0.408 e. The van der Waals surface area contributed by atoms with Crippen LogP contribution in [-0.2, 0) is 36.9 Å². The van der Waals surface area contributed by atoms with E-state index in [1.54, 1.807) is 45.0 Å². The van der Waals surface area contributed by atoms with Crippen molar-refractivity contribution in [3.8, 4) is 0 Å². The summed E-state index contributed by atoms with van der Waals surface area (Å²) >= 11 is 0. The molecule has 5 N–H and O–H groups in total. The van der Waals surface area contributed by atoms with Gasteiger partial charge >= 0.3 is 24.0 Å². The Hall–Kier alpha value is -3.87. The molecule has 0 aliphatic carbocycles. The molecule has 1 amide bonds. The van der Waals surface area contributed by atoms with Crippen LogP contribution in [0.25, 0.3) is 0 Å². The number of tetrazole rings is 1. The van der Waals surface area contributed by atoms with E-state index >= 15 is 0 Å². The molecule has 0 bridgehead atoms. The van der Waals surface area contributed by atoms with Crippen LogP contribution in [0.3, 0.4) is 0 Å². The van der Waals surface area contributed by atoms with E-state index in [2.05, 4.69) is 25.9 Å². The van der Waals surface area contributed by atoms with E-state index in [-0.39, 0.29) is 25.9 Å². The van der Waals surface area contributed by atoms with Gasteiger partial charge in [-0.25, -0.2) is 14.4 Å². The molecule has 1 heterocycles. The van der Waals surface area contributed by atoms with E-state index in [0.29, 0.717) is 5.82 Å². The quantitative estimate of drug-likeness (QED) is 0.260. The Morgan fingerprint density at radius 3 is 2.43 bits per heavy atom. The van der Waals surface area contributed by atoms with Crippen molar-refractivity contribution in [2.24, 2.45) is 11.1 Å². The summed E-state index contributed by atoms with van der Waals surface area (Å²) < 4.78 is 9.95. The lowest BCUT2D eigenvalue weighted by Gasteiger charge is -2.41. The molecule has 0 saturated carbocycles. The number of aromatic amines is 1. The van der Waals surface area contributed by atoms with Crippen molar-refractivity contribution in [1.82, 2.24) is 25.9 Å². The minimum Gasteiger partial charge on any atom is -0.479 e. The fraction of sp³-hybridized carbons (Fsp3) is 0.500. The van der Waals surface area contributed by atoms with E-state index in [9.17, 15) is 24.3 Å². The number of alkyl carbamates (subject to hydrolysis) is 1. The van der Waals surface area contributed by atoms with Gasteiger partial charge in [0.2, 0.25) is 0 Å². The third-order valence-corrected chi connectivity index (χ3v) is 5.46. The van der Waals surface area contributed by atoms with Gasteiger partial charge in [0.25, 0.3) is 0 Å². The Labute approximate surface area is 201 Å². The van der Waals surface area contributed by atoms with Crippen molar-refractivity contribution in [1.29, 1.82) is 0 Å². The molecule has 0 aliphatic rings. The first-order valence-corrected chi connectivity index (χ1v) is 10.9. The number of nitrogens with two attached hydrogens (primary N) is 1. The summed E-state index contributed by atoms with van der Waals surface area (Å²) in [6.45, 7) is 4.74. The summed E-state index contributed by atoms with van der Waals surface area (Å²) in [4.78, 5) is 49.2. The van der Waals surface area contributed by atoms with Crippen LogP contribution < -0.4 is 11.1 Å². The maximum absolute atomic E-state index is 12.5. The Morgan fingerprint density at radius 2 is 1.86 bits per heavy atom. The van der Waals surface area contributed by atoms with E-state index in [1.165, 1.54) is 0 Å². The standard InChI is InChI=1S/C22H30N6O7/c1-21(2,3)22(19(31)32,24-20(33)34-13-14-7-5-4-6-8-14)12-11-17(29)35-18(30)15(23)9-10-16-25-27-28-26-16/h4-8,15H,9-13,23H2,1-3H3,(H,24,33)(H,31,32)(H,25,26,27,28)/t15?,22-/m1/s1. The average molecular weight is 491 g/mol. The van der Waals surface area contributed by atoms with Crippen LogP contribution in [0.2, 0.25) is 0 Å². The van der Waals surface area contributed by atoms with Crippen LogP contribution in [0.15, 0.2) is 30.3 Å². The molecule has 35 heavy (non-hydrogen) atoms. The molecule has 13 heteroatoms. The minimum atomic E-state index is -1.89. The Balaban J connectivity index is 1.97. The van der Waals surface area contributed by atoms with Gasteiger partial charge in [-0.1, -0.05) is 56.3 Å². The molecule has 0 aliphatic heterocycles. The number of carboxylic acid groups (broad SMARTS) is 1. The summed E-state index contributed by atoms with van der Waals surface area (Å²) in [5.74, 6) is -2.96. The van der Waals surface area contributed by atoms with Crippen molar-refractivity contribution in [2.75, 3.05) is 0 Å². The van der Waals surface area contributed by atoms with Crippen LogP contribution in [0.1, 0.15) is 51.4 Å². The van der Waals surface area contributed by atoms with Crippen LogP contribution >= 0.6 is 0 Å². The lowest BCUT2D eigenvalue weighted by atomic mass is 9.71. The number of amides is 1. The number of H-pyrrole nitrogens is 1. The number of hydrogen-bond acceptors (Lipinski definition) is 10. The summed E-state index contributed by atoms with van der Waals surface area (Å²) in [5.41, 5.74) is 3.55. The number of hydrogen-bond donors (Lipinski definition) is 4. The lowest BCUT2D eigenvalue weighted by molar-refractivity contribution is -0.161. The molecule has 0 radical (unpaired) electrons. The zero-order valence-corrected chi connectivity index (χ0v) is 19.8. The van der Waals surface area contributed by atoms with Gasteiger partial charge in [0.1, 0.15) is 18.2 Å². The number of aryl methyl sites for hydroxylation is 1. The SMILES string of the molecule is CC(C)(C)[C@](CCC(=O)OC(=O)C(N)CCc1nn[nH]n1)(NC(=O)OCc1ccccc1)C(=O)O. The van der Waals surface area contributed by atoms with Crippen LogP contribution in [0.5, 0.6) is 0 Å². The van der Waals surface area contributed by atoms with Gasteiger partial charge in [-0.3, -0.25) is 4.79 Å². The number of esters is 2. The topological polar surface area (TPSA) is 199 Å². The fourth-order valence-corrected chi connectivity index (χ4v) is 3.26. The number of rotatable bonds is 11. The third kappa shape index (κ3) is 7.84. The Bertz CT molecular complexity index is 1010. The van der Waals surface area contributed by atoms with Gasteiger partial charge < -0.3 is 25.6 Å². The summed E-state index contributed by atoms with van der Waals surface area (Å²) in [5, 5.41) is 25.5. The van der Waals surface area contributed by atoms with Gasteiger partial charge in [-0.15, -0.1) is 10.2 Å². The number of nitrogens with one attached hydrogen (secondary N) is 2. The summed E-state index contributed by atoms with van der Waals surface area (Å²) in [6.07, 6.45) is -1.43. The highest BCUT2D eigenvalue weighted by atomic mass is 16.6. The second-order valence-corrected chi connectivity index (χ2v) is 8.91. The average Bonchev–Trinajstić information content (AvgIpc) is 3.32. The lowest BCUT2D eigenvalue weighted by Crippen LogP contribution is -2.62. The van der Waals surface area contributed by atoms with Crippen LogP contribution in [0.4, 0.5) is 4.79 Å². The molecule has 2 atom stereocenters. The minimum absolute atomic E-state index is 0.0647. The van der Waals surface area contributed by atoms with Crippen molar-refractivity contribution in [3.63, 3.8) is 0 Å². The number of carbonyl (C=O) groups excluding carboxylic acids is 3. The highest BCUT2D eigenvalue weighted by molar-refractivity contribution is 5.89. The molecule has 2 rings (SSSR count). The number of ether oxygens (including phenoxy) is 2. The number of carboxylic acids is 1. The summed E-state index contributed by atoms with van der Waals surface area (Å²) in [7, 11) is 0. The van der Waals surface area contributed by atoms with Crippen LogP contribution in [0, 0.1) is 5.41 Å². The van der Waals surface area contributed by atoms with Gasteiger partial charge in [0.15, 0.2) is 5.82 Å². The number of nitrogens with zero attached hydrogens (tertiary/aromatic N) is 3. The highest BCUT2D eigenvalue weighted by Gasteiger charge is 2.50. The maximum Gasteiger partial charge on any atom is 0.408 e. The molecular weight excluding hydrogens is 460 g/mol. The first-order chi connectivity index (χ1) is 16.4. The second kappa shape index (κ2) is 12.0. The zero-order chi connectivity index (χ0) is 26.1. The highest BCUT2D eigenvalue weighted by Crippen LogP contribution is 2.35. The van der Waals surface area contributed by atoms with Crippen molar-refractivity contribution >= 4 is 24.0 Å². The predicted octanol–water partition coefficient (Wildman–Crippen LogP) is 1.11. The van der Waals surface area contributed by atoms with Crippen molar-refractivity contribution < 1.29 is 33.8 Å². The van der Waals surface area contributed by atoms with Crippen LogP contribution in [-0.4, -0.2) is 61.3 Å². The van der Waals surface area contributed by atoms with Gasteiger partial charge in [-0.2, -0.15) is 5.21 Å². The predicted molar refractivity (Wildman–Crippen MR) is 120 cm³/mol. The van der Waals surface area contributed by atoms with Gasteiger partial charge in [0, 0.05) is 12.8 Å². The zero-order valence-electron chi connectivity index (χ0n) is 19.8. The second-order valence-electron chi connectivity index (χ2n) is 8.91. The van der Waals surface area contributed by atoms with E-state index in [4.69, 9.17) is 15.2 Å². The fourth-order valence-electron chi connectivity index (χ4n) is 3.26. The number of aliphatic carboxylic acids is 1. The van der Waals surface area contributed by atoms with E-state index in [1.807, 2.05) is 6.07 Å². The normalized spacial score (nSPS) is 13.8. The number of carbonyl (C=O) groups is 4. The van der Waals surface area contributed by atoms with E-state index in [0.717, 1.165) is 5.56 Å². The van der Waals surface area contributed by atoms with E-state index < -0.39 is 47.4 Å². The van der Waals surface area contributed by atoms with Gasteiger partial charge in [-0.05, 0) is 23.8 Å². The largest absolute Gasteiger partial charge is 0.479 e. The Morgan fingerprint density at radius 1 is 1.17 bits per heavy atom. The molecule has 0 fully saturated rings. The maximum atomic E-state index is 12.5. The Kier molecular flexibility index (Phi) is 9.40.